The first-order valence-corrected chi connectivity index (χ1v) is 6.49. The largest absolute Gasteiger partial charge is 0.324 e. The molecule has 0 radical (unpaired) electrons. The molecule has 0 unspecified atom stereocenters. The van der Waals surface area contributed by atoms with Gasteiger partial charge in [-0.2, -0.15) is 0 Å². The van der Waals surface area contributed by atoms with Gasteiger partial charge in [-0.15, -0.1) is 0 Å². The molecule has 2 rings (SSSR count). The Labute approximate surface area is 113 Å². The van der Waals surface area contributed by atoms with Crippen LogP contribution in [0.15, 0.2) is 18.2 Å². The maximum atomic E-state index is 12.3. The Morgan fingerprint density at radius 2 is 2.17 bits per heavy atom. The third-order valence-corrected chi connectivity index (χ3v) is 3.67. The van der Waals surface area contributed by atoms with E-state index in [0.717, 1.165) is 37.4 Å². The summed E-state index contributed by atoms with van der Waals surface area (Å²) in [6.07, 6.45) is 0. The third kappa shape index (κ3) is 2.44. The highest BCUT2D eigenvalue weighted by Gasteiger charge is 2.29. The summed E-state index contributed by atoms with van der Waals surface area (Å²) in [6.45, 7) is 5.00. The summed E-state index contributed by atoms with van der Waals surface area (Å²) >= 11 is 6.10. The van der Waals surface area contributed by atoms with Crippen molar-refractivity contribution < 1.29 is 4.79 Å². The molecule has 18 heavy (non-hydrogen) atoms. The van der Waals surface area contributed by atoms with Crippen molar-refractivity contribution in [2.75, 3.05) is 38.1 Å². The molecule has 1 saturated heterocycles. The maximum Gasteiger partial charge on any atom is 0.324 e. The zero-order valence-electron chi connectivity index (χ0n) is 10.7. The normalized spacial score (nSPS) is 15.6. The van der Waals surface area contributed by atoms with Crippen molar-refractivity contribution in [3.05, 3.63) is 28.8 Å². The van der Waals surface area contributed by atoms with Gasteiger partial charge < -0.3 is 10.2 Å². The van der Waals surface area contributed by atoms with Gasteiger partial charge in [0.15, 0.2) is 0 Å². The highest BCUT2D eigenvalue weighted by atomic mass is 35.5. The van der Waals surface area contributed by atoms with E-state index < -0.39 is 0 Å². The minimum Gasteiger partial charge on any atom is -0.321 e. The molecule has 1 aliphatic heterocycles. The summed E-state index contributed by atoms with van der Waals surface area (Å²) < 4.78 is 0. The van der Waals surface area contributed by atoms with Crippen LogP contribution in [0.25, 0.3) is 0 Å². The summed E-state index contributed by atoms with van der Waals surface area (Å²) in [7, 11) is 1.89. The molecule has 0 saturated carbocycles. The fraction of sp³-hybridized carbons (Fsp3) is 0.462. The van der Waals surface area contributed by atoms with E-state index in [-0.39, 0.29) is 6.03 Å². The summed E-state index contributed by atoms with van der Waals surface area (Å²) in [5, 5.41) is 3.76. The van der Waals surface area contributed by atoms with Crippen LogP contribution in [-0.2, 0) is 0 Å². The first kappa shape index (κ1) is 13.2. The highest BCUT2D eigenvalue weighted by Crippen LogP contribution is 2.28. The minimum absolute atomic E-state index is 0.0654. The lowest BCUT2D eigenvalue weighted by molar-refractivity contribution is 0.221. The Morgan fingerprint density at radius 1 is 1.39 bits per heavy atom. The lowest BCUT2D eigenvalue weighted by Gasteiger charge is -2.20. The number of rotatable bonds is 4. The fourth-order valence-electron chi connectivity index (χ4n) is 2.15. The van der Waals surface area contributed by atoms with Crippen LogP contribution in [0.4, 0.5) is 10.5 Å². The number of hydrogen-bond donors (Lipinski definition) is 1. The molecule has 0 aliphatic carbocycles. The van der Waals surface area contributed by atoms with Crippen molar-refractivity contribution in [2.45, 2.75) is 6.92 Å². The second-order valence-corrected chi connectivity index (χ2v) is 4.82. The molecule has 1 N–H and O–H groups in total. The molecule has 0 atom stereocenters. The van der Waals surface area contributed by atoms with Gasteiger partial charge >= 0.3 is 6.03 Å². The summed E-state index contributed by atoms with van der Waals surface area (Å²) in [4.78, 5) is 15.9. The van der Waals surface area contributed by atoms with Gasteiger partial charge in [-0.1, -0.05) is 17.7 Å². The Morgan fingerprint density at radius 3 is 2.89 bits per heavy atom. The Balaban J connectivity index is 2.16. The van der Waals surface area contributed by atoms with E-state index in [1.165, 1.54) is 0 Å². The lowest BCUT2D eigenvalue weighted by atomic mass is 10.2. The molecule has 1 aromatic carbocycles. The monoisotopic (exact) mass is 267 g/mol. The molecule has 4 nitrogen and oxygen atoms in total. The second kappa shape index (κ2) is 5.59. The molecule has 0 bridgehead atoms. The number of urea groups is 1. The van der Waals surface area contributed by atoms with Crippen LogP contribution in [0.2, 0.25) is 5.02 Å². The number of likely N-dealkylation sites (N-methyl/N-ethyl adjacent to an activating group) is 1. The quantitative estimate of drug-likeness (QED) is 0.907. The standard InChI is InChI=1S/C13H18ClN3O/c1-10-11(14)4-3-5-12(10)17-9-8-16(13(17)18)7-6-15-2/h3-5,15H,6-9H2,1-2H3. The molecular formula is C13H18ClN3O. The van der Waals surface area contributed by atoms with Crippen LogP contribution in [0.3, 0.4) is 0 Å². The predicted octanol–water partition coefficient (Wildman–Crippen LogP) is 2.11. The van der Waals surface area contributed by atoms with Crippen LogP contribution in [-0.4, -0.2) is 44.2 Å². The molecule has 1 aliphatic rings. The van der Waals surface area contributed by atoms with E-state index in [0.29, 0.717) is 5.02 Å². The number of benzene rings is 1. The minimum atomic E-state index is 0.0654. The van der Waals surface area contributed by atoms with E-state index >= 15 is 0 Å². The lowest BCUT2D eigenvalue weighted by Crippen LogP contribution is -2.35. The van der Waals surface area contributed by atoms with E-state index in [2.05, 4.69) is 5.32 Å². The summed E-state index contributed by atoms with van der Waals surface area (Å²) in [5.74, 6) is 0. The second-order valence-electron chi connectivity index (χ2n) is 4.41. The van der Waals surface area contributed by atoms with Crippen LogP contribution in [0.1, 0.15) is 5.56 Å². The topological polar surface area (TPSA) is 35.6 Å². The van der Waals surface area contributed by atoms with E-state index in [4.69, 9.17) is 11.6 Å². The zero-order valence-corrected chi connectivity index (χ0v) is 11.5. The van der Waals surface area contributed by atoms with Gasteiger partial charge in [0.1, 0.15) is 0 Å². The van der Waals surface area contributed by atoms with Crippen LogP contribution in [0.5, 0.6) is 0 Å². The van der Waals surface area contributed by atoms with Crippen molar-refractivity contribution in [1.29, 1.82) is 0 Å². The average molecular weight is 268 g/mol. The number of carbonyl (C=O) groups excluding carboxylic acids is 1. The Bertz CT molecular complexity index is 450. The number of nitrogens with one attached hydrogen (secondary N) is 1. The Kier molecular flexibility index (Phi) is 4.09. The predicted molar refractivity (Wildman–Crippen MR) is 74.4 cm³/mol. The number of nitrogens with zero attached hydrogens (tertiary/aromatic N) is 2. The first-order valence-electron chi connectivity index (χ1n) is 6.11. The van der Waals surface area contributed by atoms with Crippen LogP contribution < -0.4 is 10.2 Å². The number of hydrogen-bond acceptors (Lipinski definition) is 2. The molecule has 5 heteroatoms. The molecule has 1 heterocycles. The fourth-order valence-corrected chi connectivity index (χ4v) is 2.32. The number of anilines is 1. The Hall–Kier alpha value is -1.26. The molecule has 1 fully saturated rings. The van der Waals surface area contributed by atoms with Gasteiger partial charge in [0.25, 0.3) is 0 Å². The smallest absolute Gasteiger partial charge is 0.321 e. The molecule has 98 valence electrons. The van der Waals surface area contributed by atoms with Gasteiger partial charge in [-0.3, -0.25) is 4.90 Å². The number of carbonyl (C=O) groups is 1. The molecule has 0 aromatic heterocycles. The van der Waals surface area contributed by atoms with Crippen molar-refractivity contribution in [3.63, 3.8) is 0 Å². The summed E-state index contributed by atoms with van der Waals surface area (Å²) in [5.41, 5.74) is 1.88. The van der Waals surface area contributed by atoms with Crippen molar-refractivity contribution >= 4 is 23.3 Å². The SMILES string of the molecule is CNCCN1CCN(c2cccc(Cl)c2C)C1=O. The van der Waals surface area contributed by atoms with Crippen molar-refractivity contribution in [2.24, 2.45) is 0 Å². The zero-order chi connectivity index (χ0) is 13.1. The summed E-state index contributed by atoms with van der Waals surface area (Å²) in [6, 6.07) is 5.74. The molecule has 1 aromatic rings. The van der Waals surface area contributed by atoms with Gasteiger partial charge in [-0.25, -0.2) is 4.79 Å². The first-order chi connectivity index (χ1) is 8.65. The average Bonchev–Trinajstić information content (AvgIpc) is 2.72. The van der Waals surface area contributed by atoms with E-state index in [1.807, 2.05) is 37.1 Å². The van der Waals surface area contributed by atoms with Gasteiger partial charge in [0.2, 0.25) is 0 Å². The van der Waals surface area contributed by atoms with Crippen molar-refractivity contribution in [3.8, 4) is 0 Å². The number of amides is 2. The van der Waals surface area contributed by atoms with Gasteiger partial charge in [-0.05, 0) is 31.7 Å². The maximum absolute atomic E-state index is 12.3. The number of halogens is 1. The van der Waals surface area contributed by atoms with Crippen molar-refractivity contribution in [1.82, 2.24) is 10.2 Å². The molecule has 0 spiro atoms. The van der Waals surface area contributed by atoms with Gasteiger partial charge in [0.05, 0.1) is 0 Å². The van der Waals surface area contributed by atoms with E-state index in [9.17, 15) is 4.79 Å². The van der Waals surface area contributed by atoms with Gasteiger partial charge in [0, 0.05) is 36.9 Å². The van der Waals surface area contributed by atoms with E-state index in [1.54, 1.807) is 4.90 Å². The molecular weight excluding hydrogens is 250 g/mol. The highest BCUT2D eigenvalue weighted by molar-refractivity contribution is 6.31. The van der Waals surface area contributed by atoms with Crippen LogP contribution in [0, 0.1) is 6.92 Å². The van der Waals surface area contributed by atoms with Crippen LogP contribution >= 0.6 is 11.6 Å². The molecule has 2 amide bonds. The third-order valence-electron chi connectivity index (χ3n) is 3.26.